The van der Waals surface area contributed by atoms with Gasteiger partial charge in [0.25, 0.3) is 0 Å². The third-order valence-electron chi connectivity index (χ3n) is 1.01. The van der Waals surface area contributed by atoms with E-state index in [0.717, 1.165) is 10.9 Å². The van der Waals surface area contributed by atoms with Gasteiger partial charge in [-0.2, -0.15) is 5.26 Å². The largest absolute Gasteiger partial charge is 0.198 e. The summed E-state index contributed by atoms with van der Waals surface area (Å²) in [5.74, 6) is 0.00458. The van der Waals surface area contributed by atoms with Crippen molar-refractivity contribution >= 4 is 15.9 Å². The Kier molecular flexibility index (Phi) is 4.43. The predicted octanol–water partition coefficient (Wildman–Crippen LogP) is 2.83. The second-order valence-electron chi connectivity index (χ2n) is 1.85. The first-order valence-electron chi connectivity index (χ1n) is 2.97. The Labute approximate surface area is 64.5 Å². The maximum absolute atomic E-state index is 8.41. The zero-order chi connectivity index (χ0) is 7.28. The molecule has 1 unspecified atom stereocenters. The van der Waals surface area contributed by atoms with Crippen molar-refractivity contribution in [2.75, 3.05) is 0 Å². The summed E-state index contributed by atoms with van der Waals surface area (Å²) in [5.41, 5.74) is 0. The van der Waals surface area contributed by atoms with Crippen LogP contribution in [0, 0.1) is 17.2 Å². The smallest absolute Gasteiger partial charge is 0.0746 e. The summed E-state index contributed by atoms with van der Waals surface area (Å²) in [6.07, 6.45) is 2.99. The van der Waals surface area contributed by atoms with Crippen LogP contribution in [0.25, 0.3) is 0 Å². The molecule has 0 aliphatic heterocycles. The minimum absolute atomic E-state index is 0.00458. The third-order valence-corrected chi connectivity index (χ3v) is 2.02. The van der Waals surface area contributed by atoms with Crippen LogP contribution in [0.15, 0.2) is 10.6 Å². The lowest BCUT2D eigenvalue weighted by atomic mass is 10.2. The van der Waals surface area contributed by atoms with Gasteiger partial charge in [0.2, 0.25) is 0 Å². The molecule has 0 aliphatic rings. The Balaban J connectivity index is 3.89. The average molecular weight is 188 g/mol. The average Bonchev–Trinajstić information content (AvgIpc) is 1.87. The molecular formula is C7H10BrN. The van der Waals surface area contributed by atoms with Crippen LogP contribution >= 0.6 is 15.9 Å². The molecule has 0 aromatic rings. The van der Waals surface area contributed by atoms with Gasteiger partial charge in [-0.25, -0.2) is 0 Å². The zero-order valence-corrected chi connectivity index (χ0v) is 7.27. The minimum Gasteiger partial charge on any atom is -0.198 e. The molecule has 0 fully saturated rings. The molecule has 50 valence electrons. The van der Waals surface area contributed by atoms with E-state index in [2.05, 4.69) is 22.0 Å². The van der Waals surface area contributed by atoms with Crippen LogP contribution in [-0.2, 0) is 0 Å². The van der Waals surface area contributed by atoms with Crippen molar-refractivity contribution in [1.82, 2.24) is 0 Å². The summed E-state index contributed by atoms with van der Waals surface area (Å²) in [6, 6.07) is 2.13. The van der Waals surface area contributed by atoms with E-state index in [9.17, 15) is 0 Å². The van der Waals surface area contributed by atoms with Crippen molar-refractivity contribution in [2.24, 2.45) is 5.92 Å². The third kappa shape index (κ3) is 3.31. The number of allylic oxidation sites excluding steroid dienone is 2. The van der Waals surface area contributed by atoms with E-state index >= 15 is 0 Å². The highest BCUT2D eigenvalue weighted by atomic mass is 79.9. The van der Waals surface area contributed by atoms with Crippen molar-refractivity contribution in [2.45, 2.75) is 20.3 Å². The van der Waals surface area contributed by atoms with Gasteiger partial charge in [-0.1, -0.05) is 28.9 Å². The van der Waals surface area contributed by atoms with Crippen LogP contribution < -0.4 is 0 Å². The molecule has 0 saturated heterocycles. The molecule has 0 rings (SSSR count). The first-order chi connectivity index (χ1) is 4.22. The number of halogens is 1. The topological polar surface area (TPSA) is 23.8 Å². The lowest BCUT2D eigenvalue weighted by Gasteiger charge is -1.96. The number of rotatable bonds is 2. The van der Waals surface area contributed by atoms with E-state index in [0.29, 0.717) is 0 Å². The van der Waals surface area contributed by atoms with Crippen LogP contribution in [-0.4, -0.2) is 0 Å². The van der Waals surface area contributed by atoms with Crippen LogP contribution in [0.4, 0.5) is 0 Å². The SMILES string of the molecule is CC/C=C(/Br)C(C)C#N. The Morgan fingerprint density at radius 3 is 2.78 bits per heavy atom. The molecular weight excluding hydrogens is 178 g/mol. The second kappa shape index (κ2) is 4.58. The number of nitriles is 1. The number of hydrogen-bond acceptors (Lipinski definition) is 1. The summed E-state index contributed by atoms with van der Waals surface area (Å²) in [6.45, 7) is 3.92. The monoisotopic (exact) mass is 187 g/mol. The molecule has 0 aliphatic carbocycles. The van der Waals surface area contributed by atoms with Crippen molar-refractivity contribution in [1.29, 1.82) is 5.26 Å². The molecule has 1 nitrogen and oxygen atoms in total. The molecule has 0 amide bonds. The van der Waals surface area contributed by atoms with Gasteiger partial charge >= 0.3 is 0 Å². The summed E-state index contributed by atoms with van der Waals surface area (Å²) in [7, 11) is 0. The van der Waals surface area contributed by atoms with Crippen LogP contribution in [0.5, 0.6) is 0 Å². The Morgan fingerprint density at radius 1 is 1.89 bits per heavy atom. The molecule has 0 aromatic heterocycles. The first kappa shape index (κ1) is 8.71. The molecule has 2 heteroatoms. The maximum atomic E-state index is 8.41. The first-order valence-corrected chi connectivity index (χ1v) is 3.76. The number of hydrogen-bond donors (Lipinski definition) is 0. The van der Waals surface area contributed by atoms with E-state index in [-0.39, 0.29) is 5.92 Å². The summed E-state index contributed by atoms with van der Waals surface area (Å²) < 4.78 is 0.993. The molecule has 9 heavy (non-hydrogen) atoms. The van der Waals surface area contributed by atoms with Crippen LogP contribution in [0.3, 0.4) is 0 Å². The molecule has 0 aromatic carbocycles. The predicted molar refractivity (Wildman–Crippen MR) is 42.1 cm³/mol. The normalized spacial score (nSPS) is 14.7. The van der Waals surface area contributed by atoms with Crippen molar-refractivity contribution in [3.05, 3.63) is 10.6 Å². The fourth-order valence-corrected chi connectivity index (χ4v) is 0.860. The molecule has 0 N–H and O–H groups in total. The molecule has 1 atom stereocenters. The summed E-state index contributed by atoms with van der Waals surface area (Å²) in [5, 5.41) is 8.41. The van der Waals surface area contributed by atoms with E-state index < -0.39 is 0 Å². The van der Waals surface area contributed by atoms with E-state index in [4.69, 9.17) is 5.26 Å². The minimum atomic E-state index is 0.00458. The van der Waals surface area contributed by atoms with E-state index in [1.165, 1.54) is 0 Å². The molecule has 0 saturated carbocycles. The molecule has 0 heterocycles. The Hall–Kier alpha value is -0.290. The standard InChI is InChI=1S/C7H10BrN/c1-3-4-7(8)6(2)5-9/h4,6H,3H2,1-2H3/b7-4+. The van der Waals surface area contributed by atoms with Crippen molar-refractivity contribution in [3.8, 4) is 6.07 Å². The van der Waals surface area contributed by atoms with Crippen LogP contribution in [0.1, 0.15) is 20.3 Å². The molecule has 0 bridgehead atoms. The van der Waals surface area contributed by atoms with Gasteiger partial charge in [-0.3, -0.25) is 0 Å². The van der Waals surface area contributed by atoms with Crippen molar-refractivity contribution in [3.63, 3.8) is 0 Å². The molecule has 0 spiro atoms. The highest BCUT2D eigenvalue weighted by Gasteiger charge is 2.00. The fourth-order valence-electron chi connectivity index (χ4n) is 0.433. The summed E-state index contributed by atoms with van der Waals surface area (Å²) >= 11 is 3.30. The number of nitrogens with zero attached hydrogens (tertiary/aromatic N) is 1. The Bertz CT molecular complexity index is 143. The van der Waals surface area contributed by atoms with Gasteiger partial charge in [0, 0.05) is 4.48 Å². The molecule has 0 radical (unpaired) electrons. The van der Waals surface area contributed by atoms with Gasteiger partial charge in [-0.15, -0.1) is 0 Å². The zero-order valence-electron chi connectivity index (χ0n) is 5.69. The van der Waals surface area contributed by atoms with E-state index in [1.54, 1.807) is 0 Å². The summed E-state index contributed by atoms with van der Waals surface area (Å²) in [4.78, 5) is 0. The quantitative estimate of drug-likeness (QED) is 0.653. The van der Waals surface area contributed by atoms with Gasteiger partial charge in [0.05, 0.1) is 12.0 Å². The lowest BCUT2D eigenvalue weighted by molar-refractivity contribution is 0.933. The maximum Gasteiger partial charge on any atom is 0.0746 e. The van der Waals surface area contributed by atoms with Crippen molar-refractivity contribution < 1.29 is 0 Å². The van der Waals surface area contributed by atoms with Gasteiger partial charge in [-0.05, 0) is 13.3 Å². The highest BCUT2D eigenvalue weighted by Crippen LogP contribution is 2.16. The van der Waals surface area contributed by atoms with Crippen LogP contribution in [0.2, 0.25) is 0 Å². The Morgan fingerprint density at radius 2 is 2.44 bits per heavy atom. The highest BCUT2D eigenvalue weighted by molar-refractivity contribution is 9.11. The van der Waals surface area contributed by atoms with E-state index in [1.807, 2.05) is 19.9 Å². The lowest BCUT2D eigenvalue weighted by Crippen LogP contribution is -1.87. The fraction of sp³-hybridized carbons (Fsp3) is 0.571. The van der Waals surface area contributed by atoms with Gasteiger partial charge in [0.15, 0.2) is 0 Å². The van der Waals surface area contributed by atoms with Gasteiger partial charge < -0.3 is 0 Å². The van der Waals surface area contributed by atoms with Gasteiger partial charge in [0.1, 0.15) is 0 Å². The second-order valence-corrected chi connectivity index (χ2v) is 2.76.